The van der Waals surface area contributed by atoms with Crippen LogP contribution in [-0.4, -0.2) is 86.9 Å². The van der Waals surface area contributed by atoms with Crippen molar-refractivity contribution < 1.29 is 36.3 Å². The van der Waals surface area contributed by atoms with Gasteiger partial charge < -0.3 is 15.3 Å². The van der Waals surface area contributed by atoms with Crippen LogP contribution in [0.3, 0.4) is 0 Å². The zero-order valence-electron chi connectivity index (χ0n) is 21.6. The highest BCUT2D eigenvalue weighted by Gasteiger charge is 2.38. The number of hydrogen-bond donors (Lipinski definition) is 2. The molecule has 0 bridgehead atoms. The molecule has 0 aromatic heterocycles. The van der Waals surface area contributed by atoms with Gasteiger partial charge in [-0.1, -0.05) is 48.0 Å². The number of carbonyl (C=O) groups is 2. The summed E-state index contributed by atoms with van der Waals surface area (Å²) in [5, 5.41) is 10.6. The molecule has 2 aromatic rings. The number of amidine groups is 1. The Morgan fingerprint density at radius 1 is 1.10 bits per heavy atom. The number of carboxylic acids is 1. The third kappa shape index (κ3) is 9.22. The van der Waals surface area contributed by atoms with Gasteiger partial charge in [0.05, 0.1) is 11.6 Å². The minimum absolute atomic E-state index is 0.0833. The molecule has 0 spiro atoms. The third-order valence-corrected chi connectivity index (χ3v) is 8.27. The van der Waals surface area contributed by atoms with Crippen molar-refractivity contribution in [2.45, 2.75) is 30.8 Å². The molecular formula is C25H30ClF3N4O5S. The van der Waals surface area contributed by atoms with Gasteiger partial charge in [-0.25, -0.2) is 17.5 Å². The van der Waals surface area contributed by atoms with Gasteiger partial charge in [-0.05, 0) is 30.5 Å². The van der Waals surface area contributed by atoms with Crippen molar-refractivity contribution in [3.8, 4) is 0 Å². The number of nitrogens with one attached hydrogen (secondary N) is 1. The van der Waals surface area contributed by atoms with Crippen molar-refractivity contribution in [3.63, 3.8) is 0 Å². The van der Waals surface area contributed by atoms with E-state index in [-0.39, 0.29) is 28.8 Å². The summed E-state index contributed by atoms with van der Waals surface area (Å²) in [6.45, 7) is 4.02. The van der Waals surface area contributed by atoms with Crippen LogP contribution in [0.5, 0.6) is 0 Å². The molecule has 0 saturated heterocycles. The van der Waals surface area contributed by atoms with Gasteiger partial charge >= 0.3 is 12.1 Å². The van der Waals surface area contributed by atoms with Crippen LogP contribution >= 0.6 is 11.6 Å². The molecule has 0 saturated carbocycles. The molecule has 214 valence electrons. The summed E-state index contributed by atoms with van der Waals surface area (Å²) >= 11 is 6.13. The normalized spacial score (nSPS) is 13.3. The highest BCUT2D eigenvalue weighted by Crippen LogP contribution is 2.27. The van der Waals surface area contributed by atoms with Crippen molar-refractivity contribution in [2.24, 2.45) is 4.99 Å². The second-order valence-electron chi connectivity index (χ2n) is 8.68. The monoisotopic (exact) mass is 590 g/mol. The van der Waals surface area contributed by atoms with E-state index in [0.29, 0.717) is 12.1 Å². The van der Waals surface area contributed by atoms with Crippen molar-refractivity contribution >= 4 is 39.3 Å². The fourth-order valence-electron chi connectivity index (χ4n) is 3.51. The molecule has 2 N–H and O–H groups in total. The van der Waals surface area contributed by atoms with Gasteiger partial charge in [-0.2, -0.15) is 13.2 Å². The number of halogens is 4. The highest BCUT2D eigenvalue weighted by atomic mass is 35.5. The molecule has 0 atom stereocenters. The lowest BCUT2D eigenvalue weighted by molar-refractivity contribution is -0.192. The Morgan fingerprint density at radius 3 is 2.23 bits per heavy atom. The van der Waals surface area contributed by atoms with Gasteiger partial charge in [0, 0.05) is 45.7 Å². The molecule has 14 heteroatoms. The topological polar surface area (TPSA) is 119 Å². The standard InChI is InChI=1S/C23H29ClN4O3S.C2HF3O2/c1-17-5-4-6-20(24)22(17)32(30,31)28(3)16-12-21(29)27(2)15-11-18-7-9-19(10-8-18)23-25-13-14-26-23;3-2(4,5)1(6)7/h4-10H,11-16H2,1-3H3,(H,25,26);(H,6,7). The lowest BCUT2D eigenvalue weighted by Crippen LogP contribution is -2.34. The first kappa shape index (κ1) is 32.1. The Morgan fingerprint density at radius 2 is 1.72 bits per heavy atom. The molecular weight excluding hydrogens is 561 g/mol. The smallest absolute Gasteiger partial charge is 0.475 e. The maximum atomic E-state index is 12.9. The predicted octanol–water partition coefficient (Wildman–Crippen LogP) is 3.34. The molecule has 2 aromatic carbocycles. The first-order valence-electron chi connectivity index (χ1n) is 11.8. The summed E-state index contributed by atoms with van der Waals surface area (Å²) in [4.78, 5) is 27.6. The number of sulfonamides is 1. The van der Waals surface area contributed by atoms with E-state index in [4.69, 9.17) is 21.5 Å². The summed E-state index contributed by atoms with van der Waals surface area (Å²) in [6.07, 6.45) is -4.27. The number of rotatable bonds is 9. The summed E-state index contributed by atoms with van der Waals surface area (Å²) in [5.41, 5.74) is 2.77. The van der Waals surface area contributed by atoms with E-state index >= 15 is 0 Å². The third-order valence-electron chi connectivity index (χ3n) is 5.78. The molecule has 1 aliphatic rings. The Balaban J connectivity index is 0.000000673. The molecule has 9 nitrogen and oxygen atoms in total. The van der Waals surface area contributed by atoms with E-state index in [9.17, 15) is 26.4 Å². The second-order valence-corrected chi connectivity index (χ2v) is 11.1. The van der Waals surface area contributed by atoms with E-state index in [1.165, 1.54) is 11.4 Å². The number of aliphatic imine (C=N–C) groups is 1. The largest absolute Gasteiger partial charge is 0.490 e. The van der Waals surface area contributed by atoms with Crippen LogP contribution < -0.4 is 5.32 Å². The Hall–Kier alpha value is -3.16. The number of amides is 1. The van der Waals surface area contributed by atoms with Gasteiger partial charge in [0.15, 0.2) is 0 Å². The van der Waals surface area contributed by atoms with Crippen molar-refractivity contribution in [1.29, 1.82) is 0 Å². The molecule has 39 heavy (non-hydrogen) atoms. The van der Waals surface area contributed by atoms with Crippen molar-refractivity contribution in [3.05, 3.63) is 64.2 Å². The maximum Gasteiger partial charge on any atom is 0.490 e. The molecule has 3 rings (SSSR count). The van der Waals surface area contributed by atoms with E-state index < -0.39 is 22.2 Å². The van der Waals surface area contributed by atoms with Crippen LogP contribution in [-0.2, 0) is 26.0 Å². The number of aliphatic carboxylic acids is 1. The van der Waals surface area contributed by atoms with E-state index in [1.807, 2.05) is 24.3 Å². The number of benzene rings is 2. The zero-order chi connectivity index (χ0) is 29.4. The van der Waals surface area contributed by atoms with E-state index in [1.54, 1.807) is 37.1 Å². The summed E-state index contributed by atoms with van der Waals surface area (Å²) in [5.74, 6) is -1.94. The fraction of sp³-hybridized carbons (Fsp3) is 0.400. The van der Waals surface area contributed by atoms with Gasteiger partial charge in [0.2, 0.25) is 15.9 Å². The van der Waals surface area contributed by atoms with Crippen molar-refractivity contribution in [1.82, 2.24) is 14.5 Å². The van der Waals surface area contributed by atoms with Crippen LogP contribution in [0.2, 0.25) is 5.02 Å². The quantitative estimate of drug-likeness (QED) is 0.462. The second kappa shape index (κ2) is 13.8. The van der Waals surface area contributed by atoms with Crippen molar-refractivity contribution in [2.75, 3.05) is 40.3 Å². The summed E-state index contributed by atoms with van der Waals surface area (Å²) in [7, 11) is -0.567. The number of likely N-dealkylation sites (N-methyl/N-ethyl adjacent to an activating group) is 1. The fourth-order valence-corrected chi connectivity index (χ4v) is 5.45. The maximum absolute atomic E-state index is 12.9. The highest BCUT2D eigenvalue weighted by molar-refractivity contribution is 7.89. The molecule has 0 radical (unpaired) electrons. The van der Waals surface area contributed by atoms with Crippen LogP contribution in [0, 0.1) is 6.92 Å². The number of carboxylic acid groups (broad SMARTS) is 1. The Labute approximate surface area is 230 Å². The zero-order valence-corrected chi connectivity index (χ0v) is 23.2. The first-order valence-corrected chi connectivity index (χ1v) is 13.6. The predicted molar refractivity (Wildman–Crippen MR) is 142 cm³/mol. The Kier molecular flexibility index (Phi) is 11.3. The number of nitrogens with zero attached hydrogens (tertiary/aromatic N) is 3. The van der Waals surface area contributed by atoms with E-state index in [0.717, 1.165) is 36.5 Å². The number of aryl methyl sites for hydroxylation is 1. The van der Waals surface area contributed by atoms with E-state index in [2.05, 4.69) is 10.3 Å². The average molecular weight is 591 g/mol. The molecule has 0 aliphatic carbocycles. The van der Waals surface area contributed by atoms with Crippen LogP contribution in [0.1, 0.15) is 23.1 Å². The van der Waals surface area contributed by atoms with Crippen LogP contribution in [0.25, 0.3) is 0 Å². The van der Waals surface area contributed by atoms with Crippen LogP contribution in [0.15, 0.2) is 52.4 Å². The molecule has 1 amide bonds. The van der Waals surface area contributed by atoms with Gasteiger partial charge in [-0.3, -0.25) is 9.79 Å². The van der Waals surface area contributed by atoms with Crippen LogP contribution in [0.4, 0.5) is 13.2 Å². The van der Waals surface area contributed by atoms with Gasteiger partial charge in [-0.15, -0.1) is 0 Å². The van der Waals surface area contributed by atoms with Gasteiger partial charge in [0.25, 0.3) is 0 Å². The number of alkyl halides is 3. The SMILES string of the molecule is Cc1cccc(Cl)c1S(=O)(=O)N(C)CCC(=O)N(C)CCc1ccc(C2=NCCN2)cc1.O=C(O)C(F)(F)F. The van der Waals surface area contributed by atoms with Gasteiger partial charge in [0.1, 0.15) is 10.7 Å². The lowest BCUT2D eigenvalue weighted by atomic mass is 10.1. The number of carbonyl (C=O) groups excluding carboxylic acids is 1. The summed E-state index contributed by atoms with van der Waals surface area (Å²) < 4.78 is 58.7. The minimum Gasteiger partial charge on any atom is -0.475 e. The average Bonchev–Trinajstić information content (AvgIpc) is 3.40. The minimum atomic E-state index is -5.08. The lowest BCUT2D eigenvalue weighted by Gasteiger charge is -2.21. The summed E-state index contributed by atoms with van der Waals surface area (Å²) in [6, 6.07) is 13.1. The molecule has 0 fully saturated rings. The Bertz CT molecular complexity index is 1280. The first-order chi connectivity index (χ1) is 18.1. The molecule has 0 unspecified atom stereocenters. The molecule has 1 aliphatic heterocycles. The molecule has 1 heterocycles. The number of hydrogen-bond acceptors (Lipinski definition) is 6.